The molecule has 2 aromatic carbocycles. The van der Waals surface area contributed by atoms with E-state index in [9.17, 15) is 14.7 Å². The number of hydrogen-bond acceptors (Lipinski definition) is 4. The minimum absolute atomic E-state index is 0.0357. The Morgan fingerprint density at radius 3 is 2.55 bits per heavy atom. The van der Waals surface area contributed by atoms with Crippen LogP contribution in [0.3, 0.4) is 0 Å². The zero-order valence-corrected chi connectivity index (χ0v) is 12.4. The van der Waals surface area contributed by atoms with Crippen molar-refractivity contribution in [2.45, 2.75) is 20.0 Å². The maximum Gasteiger partial charge on any atom is 0.339 e. The van der Waals surface area contributed by atoms with Gasteiger partial charge in [-0.25, -0.2) is 4.79 Å². The standard InChI is InChI=1S/C17H17NO4/c1-11-6-3-4-9-15(11)18-16(20)12(2)22-17(21)13-7-5-8-14(19)10-13/h3-10,12,19H,1-2H3,(H,18,20)/t12-/m0/s1. The van der Waals surface area contributed by atoms with Gasteiger partial charge in [-0.3, -0.25) is 4.79 Å². The highest BCUT2D eigenvalue weighted by molar-refractivity contribution is 5.97. The van der Waals surface area contributed by atoms with Crippen LogP contribution in [-0.2, 0) is 9.53 Å². The Balaban J connectivity index is 1.99. The summed E-state index contributed by atoms with van der Waals surface area (Å²) in [6, 6.07) is 13.1. The normalized spacial score (nSPS) is 11.5. The molecule has 0 bridgehead atoms. The number of benzene rings is 2. The van der Waals surface area contributed by atoms with Gasteiger partial charge >= 0.3 is 5.97 Å². The summed E-state index contributed by atoms with van der Waals surface area (Å²) in [5, 5.41) is 12.1. The third-order valence-corrected chi connectivity index (χ3v) is 3.14. The molecule has 1 amide bonds. The highest BCUT2D eigenvalue weighted by atomic mass is 16.5. The number of nitrogens with one attached hydrogen (secondary N) is 1. The maximum absolute atomic E-state index is 12.1. The number of amides is 1. The molecule has 0 aliphatic heterocycles. The first-order valence-electron chi connectivity index (χ1n) is 6.84. The van der Waals surface area contributed by atoms with Crippen LogP contribution in [0.15, 0.2) is 48.5 Å². The molecular formula is C17H17NO4. The van der Waals surface area contributed by atoms with Gasteiger partial charge in [-0.05, 0) is 43.7 Å². The van der Waals surface area contributed by atoms with E-state index in [4.69, 9.17) is 4.74 Å². The van der Waals surface area contributed by atoms with E-state index < -0.39 is 18.0 Å². The number of para-hydroxylation sites is 1. The largest absolute Gasteiger partial charge is 0.508 e. The van der Waals surface area contributed by atoms with E-state index in [2.05, 4.69) is 5.32 Å². The van der Waals surface area contributed by atoms with Crippen LogP contribution >= 0.6 is 0 Å². The Bertz CT molecular complexity index is 697. The van der Waals surface area contributed by atoms with Crippen LogP contribution in [0.1, 0.15) is 22.8 Å². The highest BCUT2D eigenvalue weighted by Gasteiger charge is 2.19. The molecule has 2 N–H and O–H groups in total. The number of aromatic hydroxyl groups is 1. The number of anilines is 1. The fourth-order valence-corrected chi connectivity index (χ4v) is 1.86. The van der Waals surface area contributed by atoms with Crippen molar-refractivity contribution < 1.29 is 19.4 Å². The van der Waals surface area contributed by atoms with Crippen molar-refractivity contribution in [3.63, 3.8) is 0 Å². The number of carbonyl (C=O) groups is 2. The molecule has 0 spiro atoms. The molecule has 0 aliphatic rings. The van der Waals surface area contributed by atoms with Crippen LogP contribution in [0.25, 0.3) is 0 Å². The summed E-state index contributed by atoms with van der Waals surface area (Å²) in [5.74, 6) is -1.11. The molecule has 2 rings (SSSR count). The molecule has 0 heterocycles. The van der Waals surface area contributed by atoms with Crippen molar-refractivity contribution in [2.24, 2.45) is 0 Å². The van der Waals surface area contributed by atoms with E-state index in [1.807, 2.05) is 25.1 Å². The van der Waals surface area contributed by atoms with E-state index in [0.29, 0.717) is 5.69 Å². The molecule has 0 aliphatic carbocycles. The van der Waals surface area contributed by atoms with Gasteiger partial charge in [-0.2, -0.15) is 0 Å². The Kier molecular flexibility index (Phi) is 4.78. The lowest BCUT2D eigenvalue weighted by Gasteiger charge is -2.14. The average molecular weight is 299 g/mol. The minimum atomic E-state index is -0.950. The van der Waals surface area contributed by atoms with Crippen molar-refractivity contribution in [3.8, 4) is 5.75 Å². The first-order valence-corrected chi connectivity index (χ1v) is 6.84. The number of aryl methyl sites for hydroxylation is 1. The van der Waals surface area contributed by atoms with Crippen LogP contribution in [-0.4, -0.2) is 23.1 Å². The Hall–Kier alpha value is -2.82. The fourth-order valence-electron chi connectivity index (χ4n) is 1.86. The summed E-state index contributed by atoms with van der Waals surface area (Å²) in [5.41, 5.74) is 1.78. The first kappa shape index (κ1) is 15.6. The molecule has 5 heteroatoms. The van der Waals surface area contributed by atoms with Crippen LogP contribution < -0.4 is 5.32 Å². The molecule has 0 unspecified atom stereocenters. The lowest BCUT2D eigenvalue weighted by molar-refractivity contribution is -0.123. The van der Waals surface area contributed by atoms with Crippen LogP contribution in [0.4, 0.5) is 5.69 Å². The summed E-state index contributed by atoms with van der Waals surface area (Å²) < 4.78 is 5.10. The van der Waals surface area contributed by atoms with E-state index >= 15 is 0 Å². The van der Waals surface area contributed by atoms with E-state index in [0.717, 1.165) is 5.56 Å². The molecule has 5 nitrogen and oxygen atoms in total. The number of carbonyl (C=O) groups excluding carboxylic acids is 2. The second-order valence-electron chi connectivity index (χ2n) is 4.90. The van der Waals surface area contributed by atoms with Crippen molar-refractivity contribution in [1.82, 2.24) is 0 Å². The van der Waals surface area contributed by atoms with Crippen molar-refractivity contribution >= 4 is 17.6 Å². The molecular weight excluding hydrogens is 282 g/mol. The van der Waals surface area contributed by atoms with Crippen LogP contribution in [0.2, 0.25) is 0 Å². The zero-order chi connectivity index (χ0) is 16.1. The number of ether oxygens (including phenoxy) is 1. The lowest BCUT2D eigenvalue weighted by Crippen LogP contribution is -2.30. The molecule has 2 aromatic rings. The summed E-state index contributed by atoms with van der Waals surface area (Å²) in [4.78, 5) is 24.0. The predicted octanol–water partition coefficient (Wildman–Crippen LogP) is 2.88. The van der Waals surface area contributed by atoms with Gasteiger partial charge in [0.05, 0.1) is 5.56 Å². The molecule has 0 fully saturated rings. The van der Waals surface area contributed by atoms with Gasteiger partial charge in [0.1, 0.15) is 5.75 Å². The van der Waals surface area contributed by atoms with Crippen molar-refractivity contribution in [2.75, 3.05) is 5.32 Å². The number of hydrogen-bond donors (Lipinski definition) is 2. The Morgan fingerprint density at radius 2 is 1.86 bits per heavy atom. The van der Waals surface area contributed by atoms with Crippen LogP contribution in [0.5, 0.6) is 5.75 Å². The Morgan fingerprint density at radius 1 is 1.14 bits per heavy atom. The molecule has 22 heavy (non-hydrogen) atoms. The van der Waals surface area contributed by atoms with Gasteiger partial charge in [-0.15, -0.1) is 0 Å². The second kappa shape index (κ2) is 6.76. The third-order valence-electron chi connectivity index (χ3n) is 3.14. The second-order valence-corrected chi connectivity index (χ2v) is 4.90. The van der Waals surface area contributed by atoms with Crippen molar-refractivity contribution in [3.05, 3.63) is 59.7 Å². The number of phenolic OH excluding ortho intramolecular Hbond substituents is 1. The molecule has 1 atom stereocenters. The molecule has 0 saturated heterocycles. The lowest BCUT2D eigenvalue weighted by atomic mass is 10.2. The number of phenols is 1. The van der Waals surface area contributed by atoms with Gasteiger partial charge in [0, 0.05) is 5.69 Å². The van der Waals surface area contributed by atoms with E-state index in [-0.39, 0.29) is 11.3 Å². The van der Waals surface area contributed by atoms with Crippen LogP contribution in [0, 0.1) is 6.92 Å². The van der Waals surface area contributed by atoms with Gasteiger partial charge in [0.2, 0.25) is 0 Å². The number of esters is 1. The summed E-state index contributed by atoms with van der Waals surface area (Å²) in [6.45, 7) is 3.37. The summed E-state index contributed by atoms with van der Waals surface area (Å²) >= 11 is 0. The Labute approximate surface area is 128 Å². The third kappa shape index (κ3) is 3.85. The fraction of sp³-hybridized carbons (Fsp3) is 0.176. The molecule has 114 valence electrons. The minimum Gasteiger partial charge on any atom is -0.508 e. The summed E-state index contributed by atoms with van der Waals surface area (Å²) in [7, 11) is 0. The first-order chi connectivity index (χ1) is 10.5. The van der Waals surface area contributed by atoms with Gasteiger partial charge in [0.15, 0.2) is 6.10 Å². The summed E-state index contributed by atoms with van der Waals surface area (Å²) in [6.07, 6.45) is -0.950. The van der Waals surface area contributed by atoms with Gasteiger partial charge in [-0.1, -0.05) is 24.3 Å². The highest BCUT2D eigenvalue weighted by Crippen LogP contribution is 2.15. The molecule has 0 aromatic heterocycles. The molecule has 0 radical (unpaired) electrons. The monoisotopic (exact) mass is 299 g/mol. The van der Waals surface area contributed by atoms with Gasteiger partial charge < -0.3 is 15.2 Å². The quantitative estimate of drug-likeness (QED) is 0.851. The van der Waals surface area contributed by atoms with E-state index in [1.165, 1.54) is 31.2 Å². The molecule has 0 saturated carbocycles. The van der Waals surface area contributed by atoms with E-state index in [1.54, 1.807) is 6.07 Å². The number of rotatable bonds is 4. The smallest absolute Gasteiger partial charge is 0.339 e. The topological polar surface area (TPSA) is 75.6 Å². The van der Waals surface area contributed by atoms with Crippen molar-refractivity contribution in [1.29, 1.82) is 0 Å². The maximum atomic E-state index is 12.1. The SMILES string of the molecule is Cc1ccccc1NC(=O)[C@H](C)OC(=O)c1cccc(O)c1. The average Bonchev–Trinajstić information content (AvgIpc) is 2.49. The zero-order valence-electron chi connectivity index (χ0n) is 12.4. The van der Waals surface area contributed by atoms with Gasteiger partial charge in [0.25, 0.3) is 5.91 Å². The predicted molar refractivity (Wildman–Crippen MR) is 82.8 cm³/mol.